The minimum Gasteiger partial charge on any atom is -0.493 e. The van der Waals surface area contributed by atoms with Gasteiger partial charge in [-0.25, -0.2) is 0 Å². The topological polar surface area (TPSA) is 66.0 Å². The van der Waals surface area contributed by atoms with E-state index in [2.05, 4.69) is 11.2 Å². The summed E-state index contributed by atoms with van der Waals surface area (Å²) in [6.45, 7) is 2.97. The van der Waals surface area contributed by atoms with E-state index in [9.17, 15) is 4.79 Å². The van der Waals surface area contributed by atoms with Crippen LogP contribution in [0.5, 0.6) is 11.5 Å². The maximum atomic E-state index is 12.7. The zero-order valence-corrected chi connectivity index (χ0v) is 17.9. The van der Waals surface area contributed by atoms with Gasteiger partial charge in [0.1, 0.15) is 13.4 Å². The quantitative estimate of drug-likeness (QED) is 0.315. The number of nitrogens with one attached hydrogen (secondary N) is 1. The van der Waals surface area contributed by atoms with Crippen molar-refractivity contribution in [3.63, 3.8) is 0 Å². The van der Waals surface area contributed by atoms with Crippen molar-refractivity contribution in [1.82, 2.24) is 5.32 Å². The smallest absolute Gasteiger partial charge is 0.253 e. The fraction of sp³-hybridized carbons (Fsp3) is 0.348. The fourth-order valence-corrected chi connectivity index (χ4v) is 2.82. The van der Waals surface area contributed by atoms with Crippen LogP contribution >= 0.6 is 11.6 Å². The summed E-state index contributed by atoms with van der Waals surface area (Å²) in [5.74, 6) is 3.34. The Bertz CT molecular complexity index is 848. The van der Waals surface area contributed by atoms with Crippen LogP contribution in [0.1, 0.15) is 24.2 Å². The fourth-order valence-electron chi connectivity index (χ4n) is 2.69. The van der Waals surface area contributed by atoms with Gasteiger partial charge in [-0.2, -0.15) is 0 Å². The van der Waals surface area contributed by atoms with Gasteiger partial charge in [-0.1, -0.05) is 35.7 Å². The van der Waals surface area contributed by atoms with Crippen LogP contribution in [-0.2, 0) is 20.7 Å². The molecule has 2 rings (SSSR count). The molecule has 1 unspecified atom stereocenters. The predicted octanol–water partition coefficient (Wildman–Crippen LogP) is 3.77. The molecule has 6 nitrogen and oxygen atoms in total. The lowest BCUT2D eigenvalue weighted by molar-refractivity contribution is -0.144. The zero-order valence-electron chi connectivity index (χ0n) is 17.2. The van der Waals surface area contributed by atoms with Crippen LogP contribution in [0.25, 0.3) is 0 Å². The second kappa shape index (κ2) is 12.8. The average molecular weight is 432 g/mol. The van der Waals surface area contributed by atoms with Gasteiger partial charge in [0.15, 0.2) is 17.6 Å². The molecule has 160 valence electrons. The van der Waals surface area contributed by atoms with Gasteiger partial charge in [0.05, 0.1) is 7.11 Å². The lowest BCUT2D eigenvalue weighted by Crippen LogP contribution is -2.32. The maximum absolute atomic E-state index is 12.7. The van der Waals surface area contributed by atoms with E-state index in [0.29, 0.717) is 41.7 Å². The van der Waals surface area contributed by atoms with E-state index in [4.69, 9.17) is 37.0 Å². The molecule has 0 aliphatic rings. The minimum absolute atomic E-state index is 0.0214. The van der Waals surface area contributed by atoms with Crippen molar-refractivity contribution in [3.05, 3.63) is 58.6 Å². The Morgan fingerprint density at radius 2 is 1.97 bits per heavy atom. The van der Waals surface area contributed by atoms with E-state index in [0.717, 1.165) is 5.56 Å². The number of rotatable bonds is 12. The number of halogens is 1. The Hall–Kier alpha value is -2.72. The Kier molecular flexibility index (Phi) is 10.0. The minimum atomic E-state index is -0.789. The molecule has 0 aliphatic heterocycles. The lowest BCUT2D eigenvalue weighted by atomic mass is 10.1. The third kappa shape index (κ3) is 7.27. The summed E-state index contributed by atoms with van der Waals surface area (Å²) in [6.07, 6.45) is 5.04. The molecule has 0 bridgehead atoms. The molecule has 0 saturated heterocycles. The summed E-state index contributed by atoms with van der Waals surface area (Å²) in [6, 6.07) is 12.5. The molecule has 0 heterocycles. The summed E-state index contributed by atoms with van der Waals surface area (Å²) < 4.78 is 21.7. The van der Waals surface area contributed by atoms with Gasteiger partial charge in [0.25, 0.3) is 5.91 Å². The number of terminal acetylenes is 1. The zero-order chi connectivity index (χ0) is 21.8. The Labute approximate surface area is 182 Å². The molecule has 1 atom stereocenters. The lowest BCUT2D eigenvalue weighted by Gasteiger charge is -2.18. The van der Waals surface area contributed by atoms with Gasteiger partial charge in [-0.05, 0) is 48.7 Å². The summed E-state index contributed by atoms with van der Waals surface area (Å²) in [5, 5.41) is 3.50. The van der Waals surface area contributed by atoms with Crippen LogP contribution in [0.3, 0.4) is 0 Å². The number of hydrogen-bond donors (Lipinski definition) is 1. The van der Waals surface area contributed by atoms with Crippen molar-refractivity contribution < 1.29 is 23.7 Å². The van der Waals surface area contributed by atoms with Crippen molar-refractivity contribution in [2.75, 3.05) is 33.7 Å². The van der Waals surface area contributed by atoms with Crippen LogP contribution in [0.2, 0.25) is 5.02 Å². The van der Waals surface area contributed by atoms with Crippen molar-refractivity contribution >= 4 is 17.5 Å². The number of carbonyl (C=O) groups is 1. The molecule has 1 amide bonds. The highest BCUT2D eigenvalue weighted by molar-refractivity contribution is 6.30. The third-order valence-corrected chi connectivity index (χ3v) is 4.44. The highest BCUT2D eigenvalue weighted by Gasteiger charge is 2.21. The van der Waals surface area contributed by atoms with Crippen LogP contribution in [0.4, 0.5) is 0 Å². The van der Waals surface area contributed by atoms with E-state index in [1.165, 1.54) is 0 Å². The average Bonchev–Trinajstić information content (AvgIpc) is 2.76. The number of amides is 1. The maximum Gasteiger partial charge on any atom is 0.253 e. The summed E-state index contributed by atoms with van der Waals surface area (Å²) in [5.41, 5.74) is 1.69. The molecule has 30 heavy (non-hydrogen) atoms. The van der Waals surface area contributed by atoms with E-state index < -0.39 is 6.10 Å². The normalized spacial score (nSPS) is 11.4. The number of methoxy groups -OCH3 is 1. The monoisotopic (exact) mass is 431 g/mol. The summed E-state index contributed by atoms with van der Waals surface area (Å²) in [4.78, 5) is 12.7. The van der Waals surface area contributed by atoms with Crippen LogP contribution in [-0.4, -0.2) is 39.6 Å². The van der Waals surface area contributed by atoms with Crippen LogP contribution < -0.4 is 14.8 Å². The molecule has 2 aromatic carbocycles. The Morgan fingerprint density at radius 1 is 1.20 bits per heavy atom. The predicted molar refractivity (Wildman–Crippen MR) is 116 cm³/mol. The standard InChI is InChI=1S/C23H26ClNO5/c1-4-14-29-20-11-6-17(15-21(20)27-3)12-13-25-23(26)22(30-16-28-5-2)18-7-9-19(24)10-8-18/h1,6-11,15,22H,5,12-14,16H2,2-3H3,(H,25,26). The van der Waals surface area contributed by atoms with Gasteiger partial charge < -0.3 is 24.3 Å². The van der Waals surface area contributed by atoms with Crippen LogP contribution in [0.15, 0.2) is 42.5 Å². The second-order valence-electron chi connectivity index (χ2n) is 6.23. The van der Waals surface area contributed by atoms with Gasteiger partial charge in [0.2, 0.25) is 0 Å². The van der Waals surface area contributed by atoms with E-state index in [1.54, 1.807) is 37.4 Å². The molecule has 0 aliphatic carbocycles. The molecule has 7 heteroatoms. The Morgan fingerprint density at radius 3 is 2.63 bits per heavy atom. The molecular weight excluding hydrogens is 406 g/mol. The van der Waals surface area contributed by atoms with Gasteiger partial charge >= 0.3 is 0 Å². The molecule has 0 aromatic heterocycles. The molecule has 1 N–H and O–H groups in total. The first kappa shape index (κ1) is 23.6. The van der Waals surface area contributed by atoms with Gasteiger partial charge in [0, 0.05) is 18.2 Å². The summed E-state index contributed by atoms with van der Waals surface area (Å²) in [7, 11) is 1.57. The highest BCUT2D eigenvalue weighted by Crippen LogP contribution is 2.28. The molecule has 2 aromatic rings. The van der Waals surface area contributed by atoms with Gasteiger partial charge in [-0.15, -0.1) is 6.42 Å². The highest BCUT2D eigenvalue weighted by atomic mass is 35.5. The number of hydrogen-bond acceptors (Lipinski definition) is 5. The van der Waals surface area contributed by atoms with Gasteiger partial charge in [-0.3, -0.25) is 4.79 Å². The SMILES string of the molecule is C#CCOc1ccc(CCNC(=O)C(OCOCC)c2ccc(Cl)cc2)cc1OC. The largest absolute Gasteiger partial charge is 0.493 e. The first-order chi connectivity index (χ1) is 14.6. The summed E-state index contributed by atoms with van der Waals surface area (Å²) >= 11 is 5.94. The second-order valence-corrected chi connectivity index (χ2v) is 6.66. The number of carbonyl (C=O) groups excluding carboxylic acids is 1. The molecule has 0 spiro atoms. The van der Waals surface area contributed by atoms with Crippen LogP contribution in [0, 0.1) is 12.3 Å². The number of benzene rings is 2. The Balaban J connectivity index is 1.97. The molecule has 0 saturated carbocycles. The number of ether oxygens (including phenoxy) is 4. The molecule has 0 fully saturated rings. The van der Waals surface area contributed by atoms with Crippen molar-refractivity contribution in [3.8, 4) is 23.8 Å². The van der Waals surface area contributed by atoms with E-state index in [-0.39, 0.29) is 19.3 Å². The third-order valence-electron chi connectivity index (χ3n) is 4.19. The van der Waals surface area contributed by atoms with E-state index in [1.807, 2.05) is 19.1 Å². The molecular formula is C23H26ClNO5. The van der Waals surface area contributed by atoms with Crippen molar-refractivity contribution in [2.45, 2.75) is 19.4 Å². The molecule has 0 radical (unpaired) electrons. The van der Waals surface area contributed by atoms with Crippen molar-refractivity contribution in [2.24, 2.45) is 0 Å². The first-order valence-corrected chi connectivity index (χ1v) is 9.92. The first-order valence-electron chi connectivity index (χ1n) is 9.54. The van der Waals surface area contributed by atoms with E-state index >= 15 is 0 Å². The van der Waals surface area contributed by atoms with Crippen molar-refractivity contribution in [1.29, 1.82) is 0 Å².